The zero-order valence-electron chi connectivity index (χ0n) is 13.4. The lowest BCUT2D eigenvalue weighted by molar-refractivity contribution is -0.143. The van der Waals surface area contributed by atoms with Gasteiger partial charge in [-0.15, -0.1) is 0 Å². The predicted octanol–water partition coefficient (Wildman–Crippen LogP) is 2.62. The van der Waals surface area contributed by atoms with Gasteiger partial charge in [0.25, 0.3) is 0 Å². The van der Waals surface area contributed by atoms with Crippen molar-refractivity contribution in [2.45, 2.75) is 45.7 Å². The number of nitrogens with zero attached hydrogens (tertiary/aromatic N) is 2. The molecule has 0 radical (unpaired) electrons. The summed E-state index contributed by atoms with van der Waals surface area (Å²) in [5.41, 5.74) is 0. The van der Waals surface area contributed by atoms with Gasteiger partial charge in [0.1, 0.15) is 0 Å². The summed E-state index contributed by atoms with van der Waals surface area (Å²) in [6.07, 6.45) is -0.0866. The summed E-state index contributed by atoms with van der Waals surface area (Å²) < 4.78 is 36.5. The summed E-state index contributed by atoms with van der Waals surface area (Å²) in [4.78, 5) is 5.64. The Morgan fingerprint density at radius 1 is 1.10 bits per heavy atom. The van der Waals surface area contributed by atoms with E-state index in [-0.39, 0.29) is 0 Å². The molecule has 0 atom stereocenters. The fourth-order valence-electron chi connectivity index (χ4n) is 1.84. The van der Waals surface area contributed by atoms with E-state index >= 15 is 0 Å². The molecular formula is C14H29F3N4. The number of hydrogen-bond acceptors (Lipinski definition) is 2. The lowest BCUT2D eigenvalue weighted by Crippen LogP contribution is -2.38. The van der Waals surface area contributed by atoms with Crippen molar-refractivity contribution in [1.29, 1.82) is 0 Å². The second-order valence-corrected chi connectivity index (χ2v) is 5.10. The molecule has 2 N–H and O–H groups in total. The summed E-state index contributed by atoms with van der Waals surface area (Å²) in [7, 11) is 1.48. The van der Waals surface area contributed by atoms with Crippen LogP contribution in [0.25, 0.3) is 0 Å². The van der Waals surface area contributed by atoms with Crippen molar-refractivity contribution in [1.82, 2.24) is 15.5 Å². The Morgan fingerprint density at radius 2 is 1.81 bits per heavy atom. The van der Waals surface area contributed by atoms with Crippen molar-refractivity contribution in [3.63, 3.8) is 0 Å². The molecule has 4 nitrogen and oxygen atoms in total. The molecule has 0 heterocycles. The number of nitrogens with one attached hydrogen (secondary N) is 2. The van der Waals surface area contributed by atoms with E-state index in [1.165, 1.54) is 24.8 Å². The number of guanidine groups is 1. The van der Waals surface area contributed by atoms with Crippen LogP contribution in [0, 0.1) is 0 Å². The van der Waals surface area contributed by atoms with Crippen LogP contribution < -0.4 is 10.6 Å². The molecule has 0 amide bonds. The Morgan fingerprint density at radius 3 is 2.38 bits per heavy atom. The molecule has 0 saturated carbocycles. The molecule has 21 heavy (non-hydrogen) atoms. The average Bonchev–Trinajstić information content (AvgIpc) is 2.37. The zero-order chi connectivity index (χ0) is 16.1. The monoisotopic (exact) mass is 310 g/mol. The Labute approximate surface area is 126 Å². The first kappa shape index (κ1) is 20.0. The van der Waals surface area contributed by atoms with Gasteiger partial charge in [-0.25, -0.2) is 0 Å². The normalized spacial score (nSPS) is 12.8. The first-order chi connectivity index (χ1) is 9.89. The van der Waals surface area contributed by atoms with E-state index in [1.54, 1.807) is 0 Å². The number of unbranched alkanes of at least 4 members (excludes halogenated alkanes) is 2. The van der Waals surface area contributed by atoms with E-state index in [9.17, 15) is 13.2 Å². The molecule has 0 aromatic rings. The summed E-state index contributed by atoms with van der Waals surface area (Å²) in [6.45, 7) is 5.81. The van der Waals surface area contributed by atoms with Crippen LogP contribution in [0.5, 0.6) is 0 Å². The lowest BCUT2D eigenvalue weighted by atomic mass is 10.2. The van der Waals surface area contributed by atoms with Crippen molar-refractivity contribution in [3.05, 3.63) is 0 Å². The van der Waals surface area contributed by atoms with Crippen molar-refractivity contribution in [2.24, 2.45) is 4.99 Å². The molecule has 0 aromatic carbocycles. The fraction of sp³-hybridized carbons (Fsp3) is 0.929. The number of aliphatic imine (C=N–C) groups is 1. The minimum atomic E-state index is -4.13. The molecule has 0 spiro atoms. The quantitative estimate of drug-likeness (QED) is 0.370. The molecule has 0 fully saturated rings. The van der Waals surface area contributed by atoms with Crippen LogP contribution in [-0.2, 0) is 0 Å². The summed E-state index contributed by atoms with van der Waals surface area (Å²) >= 11 is 0. The molecule has 0 unspecified atom stereocenters. The summed E-state index contributed by atoms with van der Waals surface area (Å²) in [5, 5.41) is 6.36. The van der Waals surface area contributed by atoms with Crippen LogP contribution in [0.15, 0.2) is 4.99 Å². The van der Waals surface area contributed by atoms with Gasteiger partial charge in [0.15, 0.2) is 5.96 Å². The minimum absolute atomic E-state index is 0.387. The van der Waals surface area contributed by atoms with Crippen molar-refractivity contribution in [2.75, 3.05) is 39.8 Å². The van der Waals surface area contributed by atoms with E-state index in [4.69, 9.17) is 0 Å². The fourth-order valence-corrected chi connectivity index (χ4v) is 1.84. The van der Waals surface area contributed by atoms with Gasteiger partial charge in [0, 0.05) is 19.6 Å². The van der Waals surface area contributed by atoms with Crippen LogP contribution in [0.2, 0.25) is 0 Å². The van der Waals surface area contributed by atoms with Gasteiger partial charge in [-0.1, -0.05) is 19.8 Å². The van der Waals surface area contributed by atoms with Gasteiger partial charge in [-0.3, -0.25) is 9.89 Å². The third-order valence-electron chi connectivity index (χ3n) is 2.83. The highest BCUT2D eigenvalue weighted by Gasteiger charge is 2.28. The van der Waals surface area contributed by atoms with E-state index in [0.717, 1.165) is 25.5 Å². The van der Waals surface area contributed by atoms with Crippen LogP contribution >= 0.6 is 0 Å². The van der Waals surface area contributed by atoms with Gasteiger partial charge in [-0.2, -0.15) is 13.2 Å². The minimum Gasteiger partial charge on any atom is -0.357 e. The van der Waals surface area contributed by atoms with Gasteiger partial charge >= 0.3 is 6.18 Å². The molecule has 0 rings (SSSR count). The van der Waals surface area contributed by atoms with Gasteiger partial charge < -0.3 is 10.6 Å². The Hall–Kier alpha value is -0.980. The zero-order valence-corrected chi connectivity index (χ0v) is 13.4. The maximum atomic E-state index is 12.2. The first-order valence-corrected chi connectivity index (χ1v) is 7.66. The van der Waals surface area contributed by atoms with Gasteiger partial charge in [0.2, 0.25) is 0 Å². The van der Waals surface area contributed by atoms with Gasteiger partial charge in [-0.05, 0) is 33.4 Å². The highest BCUT2D eigenvalue weighted by Crippen LogP contribution is 2.15. The molecule has 0 saturated heterocycles. The van der Waals surface area contributed by atoms with Crippen LogP contribution in [0.1, 0.15) is 39.5 Å². The highest BCUT2D eigenvalue weighted by molar-refractivity contribution is 5.79. The Bertz CT molecular complexity index is 280. The lowest BCUT2D eigenvalue weighted by Gasteiger charge is -2.18. The standard InChI is InChI=1S/C14H29F3N4/c1-4-6-7-9-19-13(18-5-2)20-10-8-11-21(3)12-14(15,16)17/h4-12H2,1-3H3,(H2,18,19,20). The average molecular weight is 310 g/mol. The summed E-state index contributed by atoms with van der Waals surface area (Å²) in [5.74, 6) is 0.743. The van der Waals surface area contributed by atoms with Crippen molar-refractivity contribution >= 4 is 5.96 Å². The topological polar surface area (TPSA) is 39.7 Å². The van der Waals surface area contributed by atoms with Crippen LogP contribution in [0.3, 0.4) is 0 Å². The number of halogens is 3. The maximum absolute atomic E-state index is 12.2. The predicted molar refractivity (Wildman–Crippen MR) is 81.7 cm³/mol. The first-order valence-electron chi connectivity index (χ1n) is 7.66. The van der Waals surface area contributed by atoms with Crippen LogP contribution in [0.4, 0.5) is 13.2 Å². The third kappa shape index (κ3) is 13.7. The molecule has 0 aliphatic rings. The van der Waals surface area contributed by atoms with E-state index in [1.807, 2.05) is 6.92 Å². The molecule has 0 aliphatic carbocycles. The smallest absolute Gasteiger partial charge is 0.357 e. The van der Waals surface area contributed by atoms with E-state index < -0.39 is 12.7 Å². The number of alkyl halides is 3. The van der Waals surface area contributed by atoms with Crippen molar-refractivity contribution < 1.29 is 13.2 Å². The third-order valence-corrected chi connectivity index (χ3v) is 2.83. The largest absolute Gasteiger partial charge is 0.401 e. The van der Waals surface area contributed by atoms with Crippen molar-refractivity contribution in [3.8, 4) is 0 Å². The molecule has 0 aromatic heterocycles. The molecule has 7 heteroatoms. The molecular weight excluding hydrogens is 281 g/mol. The van der Waals surface area contributed by atoms with E-state index in [2.05, 4.69) is 22.5 Å². The van der Waals surface area contributed by atoms with Crippen LogP contribution in [-0.4, -0.2) is 56.8 Å². The van der Waals surface area contributed by atoms with E-state index in [0.29, 0.717) is 19.5 Å². The SMILES string of the molecule is CCCCCNC(=NCCCN(C)CC(F)(F)F)NCC. The van der Waals surface area contributed by atoms with Gasteiger partial charge in [0.05, 0.1) is 6.54 Å². The number of hydrogen-bond donors (Lipinski definition) is 2. The highest BCUT2D eigenvalue weighted by atomic mass is 19.4. The molecule has 126 valence electrons. The number of rotatable bonds is 10. The molecule has 0 aliphatic heterocycles. The Kier molecular flexibility index (Phi) is 11.1. The molecule has 0 bridgehead atoms. The Balaban J connectivity index is 3.92. The second kappa shape index (κ2) is 11.7. The maximum Gasteiger partial charge on any atom is 0.401 e. The second-order valence-electron chi connectivity index (χ2n) is 5.10. The summed E-state index contributed by atoms with van der Waals surface area (Å²) in [6, 6.07) is 0.